The van der Waals surface area contributed by atoms with Gasteiger partial charge in [-0.05, 0) is 19.1 Å². The number of rotatable bonds is 7. The monoisotopic (exact) mass is 355 g/mol. The van der Waals surface area contributed by atoms with E-state index in [4.69, 9.17) is 16.3 Å². The molecule has 10 heteroatoms. The lowest BCUT2D eigenvalue weighted by atomic mass is 10.3. The number of ether oxygens (including phenoxy) is 1. The Morgan fingerprint density at radius 2 is 2.04 bits per heavy atom. The van der Waals surface area contributed by atoms with Gasteiger partial charge in [0, 0.05) is 25.6 Å². The van der Waals surface area contributed by atoms with E-state index < -0.39 is 11.8 Å². The zero-order valence-corrected chi connectivity index (χ0v) is 14.0. The van der Waals surface area contributed by atoms with Crippen molar-refractivity contribution in [2.24, 2.45) is 5.10 Å². The average molecular weight is 356 g/mol. The Morgan fingerprint density at radius 3 is 2.67 bits per heavy atom. The summed E-state index contributed by atoms with van der Waals surface area (Å²) in [6, 6.07) is 3.15. The first kappa shape index (κ1) is 19.5. The van der Waals surface area contributed by atoms with Crippen molar-refractivity contribution in [3.8, 4) is 0 Å². The summed E-state index contributed by atoms with van der Waals surface area (Å²) in [7, 11) is 1.48. The molecule has 0 aliphatic carbocycles. The molecule has 9 nitrogen and oxygen atoms in total. The van der Waals surface area contributed by atoms with Crippen molar-refractivity contribution >= 4 is 40.9 Å². The highest BCUT2D eigenvalue weighted by molar-refractivity contribution is 6.35. The summed E-state index contributed by atoms with van der Waals surface area (Å²) < 4.78 is 4.74. The molecule has 0 saturated heterocycles. The fraction of sp³-hybridized carbons (Fsp3) is 0.357. The summed E-state index contributed by atoms with van der Waals surface area (Å²) in [5.41, 5.74) is 2.39. The van der Waals surface area contributed by atoms with E-state index in [1.54, 1.807) is 12.1 Å². The minimum absolute atomic E-state index is 0.0735. The number of carbonyl (C=O) groups excluding carboxylic acids is 3. The van der Waals surface area contributed by atoms with Gasteiger partial charge in [-0.1, -0.05) is 11.6 Å². The number of methoxy groups -OCH3 is 1. The largest absolute Gasteiger partial charge is 0.383 e. The summed E-state index contributed by atoms with van der Waals surface area (Å²) in [5, 5.41) is 9.04. The Kier molecular flexibility index (Phi) is 8.37. The van der Waals surface area contributed by atoms with E-state index in [1.807, 2.05) is 0 Å². The number of anilines is 1. The third-order valence-electron chi connectivity index (χ3n) is 2.56. The highest BCUT2D eigenvalue weighted by Crippen LogP contribution is 2.09. The van der Waals surface area contributed by atoms with Crippen LogP contribution in [0.2, 0.25) is 5.02 Å². The van der Waals surface area contributed by atoms with Gasteiger partial charge in [-0.15, -0.1) is 0 Å². The molecular weight excluding hydrogens is 338 g/mol. The van der Waals surface area contributed by atoms with Crippen molar-refractivity contribution in [1.29, 1.82) is 0 Å². The van der Waals surface area contributed by atoms with E-state index in [1.165, 1.54) is 20.2 Å². The SMILES string of the molecule is COCCNC(=O)C(=O)NN=C(C)CC(=O)Nc1ccc(Cl)cn1. The van der Waals surface area contributed by atoms with Gasteiger partial charge in [0.2, 0.25) is 5.91 Å². The second-order valence-electron chi connectivity index (χ2n) is 4.62. The molecule has 0 radical (unpaired) electrons. The van der Waals surface area contributed by atoms with E-state index in [-0.39, 0.29) is 18.9 Å². The van der Waals surface area contributed by atoms with Crippen LogP contribution in [0.15, 0.2) is 23.4 Å². The normalized spacial score (nSPS) is 10.9. The summed E-state index contributed by atoms with van der Waals surface area (Å²) in [5.74, 6) is -1.78. The van der Waals surface area contributed by atoms with Gasteiger partial charge in [0.1, 0.15) is 5.82 Å². The zero-order chi connectivity index (χ0) is 17.9. The fourth-order valence-corrected chi connectivity index (χ4v) is 1.56. The second-order valence-corrected chi connectivity index (χ2v) is 5.06. The Labute approximate surface area is 143 Å². The third kappa shape index (κ3) is 7.65. The van der Waals surface area contributed by atoms with E-state index in [9.17, 15) is 14.4 Å². The predicted octanol–water partition coefficient (Wildman–Crippen LogP) is 0.318. The first-order chi connectivity index (χ1) is 11.4. The number of aromatic nitrogens is 1. The molecule has 24 heavy (non-hydrogen) atoms. The van der Waals surface area contributed by atoms with Crippen LogP contribution in [0.3, 0.4) is 0 Å². The van der Waals surface area contributed by atoms with Gasteiger partial charge in [-0.25, -0.2) is 10.4 Å². The lowest BCUT2D eigenvalue weighted by molar-refractivity contribution is -0.139. The number of pyridine rings is 1. The summed E-state index contributed by atoms with van der Waals surface area (Å²) >= 11 is 5.69. The molecule has 0 aliphatic rings. The van der Waals surface area contributed by atoms with Gasteiger partial charge in [0.05, 0.1) is 18.1 Å². The Hall–Kier alpha value is -2.52. The minimum Gasteiger partial charge on any atom is -0.383 e. The van der Waals surface area contributed by atoms with E-state index >= 15 is 0 Å². The fourth-order valence-electron chi connectivity index (χ4n) is 1.45. The van der Waals surface area contributed by atoms with Gasteiger partial charge in [-0.2, -0.15) is 5.10 Å². The van der Waals surface area contributed by atoms with Crippen molar-refractivity contribution in [2.75, 3.05) is 25.6 Å². The molecule has 0 bridgehead atoms. The molecule has 0 aromatic carbocycles. The predicted molar refractivity (Wildman–Crippen MR) is 88.6 cm³/mol. The van der Waals surface area contributed by atoms with Gasteiger partial charge in [-0.3, -0.25) is 14.4 Å². The molecule has 3 amide bonds. The van der Waals surface area contributed by atoms with E-state index in [0.29, 0.717) is 23.2 Å². The highest BCUT2D eigenvalue weighted by Gasteiger charge is 2.12. The van der Waals surface area contributed by atoms with Gasteiger partial charge < -0.3 is 15.4 Å². The number of halogens is 1. The van der Waals surface area contributed by atoms with Gasteiger partial charge in [0.25, 0.3) is 0 Å². The van der Waals surface area contributed by atoms with Crippen LogP contribution < -0.4 is 16.1 Å². The standard InChI is InChI=1S/C14H18ClN5O4/c1-9(19-20-14(23)13(22)16-5-6-24-2)7-12(21)18-11-4-3-10(15)8-17-11/h3-4,8H,5-7H2,1-2H3,(H,16,22)(H,20,23)(H,17,18,21). The van der Waals surface area contributed by atoms with Crippen LogP contribution in [0.5, 0.6) is 0 Å². The molecule has 1 heterocycles. The molecule has 0 fully saturated rings. The number of carbonyl (C=O) groups is 3. The topological polar surface area (TPSA) is 122 Å². The highest BCUT2D eigenvalue weighted by atomic mass is 35.5. The number of amides is 3. The number of nitrogens with zero attached hydrogens (tertiary/aromatic N) is 2. The average Bonchev–Trinajstić information content (AvgIpc) is 2.54. The second kappa shape index (κ2) is 10.3. The van der Waals surface area contributed by atoms with Crippen LogP contribution in [0.1, 0.15) is 13.3 Å². The molecule has 3 N–H and O–H groups in total. The van der Waals surface area contributed by atoms with Gasteiger partial charge in [0.15, 0.2) is 0 Å². The molecule has 130 valence electrons. The molecule has 1 rings (SSSR count). The molecule has 0 atom stereocenters. The molecule has 0 saturated carbocycles. The smallest absolute Gasteiger partial charge is 0.329 e. The third-order valence-corrected chi connectivity index (χ3v) is 2.78. The lowest BCUT2D eigenvalue weighted by Crippen LogP contribution is -2.39. The maximum atomic E-state index is 11.8. The van der Waals surface area contributed by atoms with Gasteiger partial charge >= 0.3 is 11.8 Å². The quantitative estimate of drug-likeness (QED) is 0.281. The number of hydrogen-bond acceptors (Lipinski definition) is 6. The maximum Gasteiger partial charge on any atom is 0.329 e. The zero-order valence-electron chi connectivity index (χ0n) is 13.3. The van der Waals surface area contributed by atoms with Crippen LogP contribution in [-0.2, 0) is 19.1 Å². The molecule has 1 aromatic rings. The van der Waals surface area contributed by atoms with Crippen molar-refractivity contribution in [3.05, 3.63) is 23.4 Å². The summed E-state index contributed by atoms with van der Waals surface area (Å²) in [6.07, 6.45) is 1.33. The van der Waals surface area contributed by atoms with Crippen LogP contribution >= 0.6 is 11.6 Å². The summed E-state index contributed by atoms with van der Waals surface area (Å²) in [6.45, 7) is 2.04. The first-order valence-electron chi connectivity index (χ1n) is 6.94. The van der Waals surface area contributed by atoms with Crippen LogP contribution in [0, 0.1) is 0 Å². The lowest BCUT2D eigenvalue weighted by Gasteiger charge is -2.05. The number of hydrazone groups is 1. The Balaban J connectivity index is 2.40. The number of nitrogens with one attached hydrogen (secondary N) is 3. The molecule has 0 spiro atoms. The van der Waals surface area contributed by atoms with Crippen molar-refractivity contribution < 1.29 is 19.1 Å². The molecule has 1 aromatic heterocycles. The Bertz CT molecular complexity index is 618. The van der Waals surface area contributed by atoms with E-state index in [2.05, 4.69) is 26.1 Å². The molecular formula is C14H18ClN5O4. The molecule has 0 aliphatic heterocycles. The van der Waals surface area contributed by atoms with Crippen molar-refractivity contribution in [3.63, 3.8) is 0 Å². The maximum absolute atomic E-state index is 11.8. The van der Waals surface area contributed by atoms with Crippen LogP contribution in [0.4, 0.5) is 5.82 Å². The van der Waals surface area contributed by atoms with Crippen LogP contribution in [0.25, 0.3) is 0 Å². The first-order valence-corrected chi connectivity index (χ1v) is 7.32. The number of hydrogen-bond donors (Lipinski definition) is 3. The van der Waals surface area contributed by atoms with Crippen molar-refractivity contribution in [2.45, 2.75) is 13.3 Å². The minimum atomic E-state index is -0.926. The van der Waals surface area contributed by atoms with E-state index in [0.717, 1.165) is 0 Å². The van der Waals surface area contributed by atoms with Crippen LogP contribution in [-0.4, -0.2) is 48.7 Å². The Morgan fingerprint density at radius 1 is 1.29 bits per heavy atom. The summed E-state index contributed by atoms with van der Waals surface area (Å²) in [4.78, 5) is 38.5. The van der Waals surface area contributed by atoms with Crippen molar-refractivity contribution in [1.82, 2.24) is 15.7 Å². The molecule has 0 unspecified atom stereocenters.